The topological polar surface area (TPSA) is 37.4 Å². The Hall–Kier alpha value is 0.380. The smallest absolute Gasteiger partial charge is 0.206 e. The summed E-state index contributed by atoms with van der Waals surface area (Å²) in [6.07, 6.45) is 0.818. The van der Waals surface area contributed by atoms with E-state index in [1.165, 1.54) is 15.6 Å². The highest BCUT2D eigenvalue weighted by atomic mass is 79.9. The van der Waals surface area contributed by atoms with Crippen molar-refractivity contribution in [2.24, 2.45) is 5.92 Å². The van der Waals surface area contributed by atoms with Crippen LogP contribution >= 0.6 is 38.9 Å². The Labute approximate surface area is 125 Å². The highest BCUT2D eigenvalue weighted by Crippen LogP contribution is 2.34. The molecule has 0 saturated carbocycles. The quantitative estimate of drug-likeness (QED) is 0.746. The molecule has 1 aromatic heterocycles. The average molecular weight is 373 g/mol. The largest absolute Gasteiger partial charge is 0.252 e. The highest BCUT2D eigenvalue weighted by Gasteiger charge is 2.33. The standard InChI is InChI=1S/C11H15BrClNO2S2/c1-7-3-4-14(6-9(7)13)18(15,16)10-5-8(2)11(12)17-10/h5,7,9H,3-4,6H2,1-2H3. The van der Waals surface area contributed by atoms with Gasteiger partial charge in [0.15, 0.2) is 0 Å². The lowest BCUT2D eigenvalue weighted by Crippen LogP contribution is -2.43. The van der Waals surface area contributed by atoms with Crippen LogP contribution in [0.1, 0.15) is 18.9 Å². The lowest BCUT2D eigenvalue weighted by atomic mass is 10.0. The van der Waals surface area contributed by atoms with Crippen LogP contribution in [0.2, 0.25) is 0 Å². The van der Waals surface area contributed by atoms with Crippen molar-refractivity contribution in [1.82, 2.24) is 4.31 Å². The van der Waals surface area contributed by atoms with Gasteiger partial charge in [-0.2, -0.15) is 4.31 Å². The van der Waals surface area contributed by atoms with Gasteiger partial charge in [0.25, 0.3) is 10.0 Å². The molecule has 2 atom stereocenters. The van der Waals surface area contributed by atoms with Crippen molar-refractivity contribution in [3.05, 3.63) is 15.4 Å². The van der Waals surface area contributed by atoms with Crippen molar-refractivity contribution in [1.29, 1.82) is 0 Å². The molecule has 1 aromatic rings. The van der Waals surface area contributed by atoms with Crippen molar-refractivity contribution >= 4 is 48.9 Å². The van der Waals surface area contributed by atoms with Gasteiger partial charge in [0.05, 0.1) is 3.79 Å². The summed E-state index contributed by atoms with van der Waals surface area (Å²) in [5.41, 5.74) is 0.950. The molecule has 1 aliphatic rings. The third kappa shape index (κ3) is 2.77. The van der Waals surface area contributed by atoms with Crippen molar-refractivity contribution in [2.45, 2.75) is 29.9 Å². The molecule has 1 fully saturated rings. The van der Waals surface area contributed by atoms with Crippen molar-refractivity contribution in [3.8, 4) is 0 Å². The summed E-state index contributed by atoms with van der Waals surface area (Å²) in [5.74, 6) is 0.370. The Balaban J connectivity index is 2.26. The zero-order valence-electron chi connectivity index (χ0n) is 10.2. The van der Waals surface area contributed by atoms with Crippen LogP contribution in [0.15, 0.2) is 14.1 Å². The summed E-state index contributed by atoms with van der Waals surface area (Å²) < 4.78 is 27.7. The number of hydrogen-bond acceptors (Lipinski definition) is 3. The van der Waals surface area contributed by atoms with Gasteiger partial charge in [-0.1, -0.05) is 6.92 Å². The second kappa shape index (κ2) is 5.40. The first-order chi connectivity index (χ1) is 8.32. The molecule has 102 valence electrons. The maximum atomic E-state index is 12.5. The SMILES string of the molecule is Cc1cc(S(=O)(=O)N2CCC(C)C(Cl)C2)sc1Br. The molecule has 1 aliphatic heterocycles. The molecule has 1 saturated heterocycles. The van der Waals surface area contributed by atoms with Crippen LogP contribution in [0.3, 0.4) is 0 Å². The Morgan fingerprint density at radius 3 is 2.72 bits per heavy atom. The van der Waals surface area contributed by atoms with E-state index in [2.05, 4.69) is 22.9 Å². The van der Waals surface area contributed by atoms with Gasteiger partial charge >= 0.3 is 0 Å². The van der Waals surface area contributed by atoms with Crippen LogP contribution in [-0.4, -0.2) is 31.2 Å². The summed E-state index contributed by atoms with van der Waals surface area (Å²) in [6.45, 7) is 4.91. The second-order valence-corrected chi connectivity index (χ2v) is 9.76. The first-order valence-corrected chi connectivity index (χ1v) is 9.21. The monoisotopic (exact) mass is 371 g/mol. The van der Waals surface area contributed by atoms with E-state index in [1.807, 2.05) is 6.92 Å². The van der Waals surface area contributed by atoms with Crippen LogP contribution in [-0.2, 0) is 10.0 Å². The fourth-order valence-electron chi connectivity index (χ4n) is 1.90. The van der Waals surface area contributed by atoms with E-state index in [-0.39, 0.29) is 5.38 Å². The van der Waals surface area contributed by atoms with Crippen LogP contribution in [0.5, 0.6) is 0 Å². The normalized spacial score (nSPS) is 26.4. The lowest BCUT2D eigenvalue weighted by molar-refractivity contribution is 0.293. The fourth-order valence-corrected chi connectivity index (χ4v) is 6.13. The number of hydrogen-bond donors (Lipinski definition) is 0. The molecule has 0 spiro atoms. The van der Waals surface area contributed by atoms with Gasteiger partial charge in [-0.05, 0) is 46.8 Å². The summed E-state index contributed by atoms with van der Waals surface area (Å²) in [4.78, 5) is 0. The number of thiophene rings is 1. The molecule has 2 heterocycles. The van der Waals surface area contributed by atoms with Gasteiger partial charge in [-0.25, -0.2) is 8.42 Å². The van der Waals surface area contributed by atoms with E-state index in [0.717, 1.165) is 15.8 Å². The van der Waals surface area contributed by atoms with Gasteiger partial charge in [0.1, 0.15) is 4.21 Å². The Morgan fingerprint density at radius 2 is 2.22 bits per heavy atom. The molecule has 0 N–H and O–H groups in total. The number of sulfonamides is 1. The minimum Gasteiger partial charge on any atom is -0.206 e. The summed E-state index contributed by atoms with van der Waals surface area (Å²) >= 11 is 10.8. The predicted molar refractivity (Wildman–Crippen MR) is 78.9 cm³/mol. The maximum absolute atomic E-state index is 12.5. The zero-order chi connectivity index (χ0) is 13.5. The maximum Gasteiger partial charge on any atom is 0.252 e. The molecule has 0 radical (unpaired) electrons. The van der Waals surface area contributed by atoms with E-state index in [1.54, 1.807) is 6.07 Å². The first-order valence-electron chi connectivity index (χ1n) is 5.72. The van der Waals surface area contributed by atoms with Gasteiger partial charge in [0.2, 0.25) is 0 Å². The highest BCUT2D eigenvalue weighted by molar-refractivity contribution is 9.11. The predicted octanol–water partition coefficient (Wildman–Crippen LogP) is 3.46. The van der Waals surface area contributed by atoms with Crippen molar-refractivity contribution < 1.29 is 8.42 Å². The van der Waals surface area contributed by atoms with E-state index in [9.17, 15) is 8.42 Å². The van der Waals surface area contributed by atoms with E-state index in [4.69, 9.17) is 11.6 Å². The summed E-state index contributed by atoms with van der Waals surface area (Å²) in [7, 11) is -3.38. The van der Waals surface area contributed by atoms with Gasteiger partial charge < -0.3 is 0 Å². The van der Waals surface area contributed by atoms with Crippen molar-refractivity contribution in [2.75, 3.05) is 13.1 Å². The van der Waals surface area contributed by atoms with Gasteiger partial charge in [0, 0.05) is 18.5 Å². The van der Waals surface area contributed by atoms with E-state index < -0.39 is 10.0 Å². The molecular formula is C11H15BrClNO2S2. The average Bonchev–Trinajstić information content (AvgIpc) is 2.64. The minimum atomic E-state index is -3.38. The second-order valence-electron chi connectivity index (χ2n) is 4.67. The van der Waals surface area contributed by atoms with Crippen molar-refractivity contribution in [3.63, 3.8) is 0 Å². The zero-order valence-corrected chi connectivity index (χ0v) is 14.2. The molecular weight excluding hydrogens is 358 g/mol. The molecule has 18 heavy (non-hydrogen) atoms. The molecule has 0 bridgehead atoms. The van der Waals surface area contributed by atoms with Crippen LogP contribution in [0.25, 0.3) is 0 Å². The Kier molecular flexibility index (Phi) is 4.44. The molecule has 2 rings (SSSR count). The number of alkyl halides is 1. The Bertz CT molecular complexity index is 524. The third-order valence-electron chi connectivity index (χ3n) is 3.26. The minimum absolute atomic E-state index is 0.0991. The number of nitrogens with zero attached hydrogens (tertiary/aromatic N) is 1. The van der Waals surface area contributed by atoms with Crippen LogP contribution < -0.4 is 0 Å². The fraction of sp³-hybridized carbons (Fsp3) is 0.636. The molecule has 7 heteroatoms. The lowest BCUT2D eigenvalue weighted by Gasteiger charge is -2.32. The van der Waals surface area contributed by atoms with Gasteiger partial charge in [-0.3, -0.25) is 0 Å². The first kappa shape index (κ1) is 14.8. The number of piperidine rings is 1. The van der Waals surface area contributed by atoms with E-state index in [0.29, 0.717) is 23.2 Å². The molecule has 3 nitrogen and oxygen atoms in total. The number of rotatable bonds is 2. The van der Waals surface area contributed by atoms with Crippen LogP contribution in [0.4, 0.5) is 0 Å². The molecule has 0 aromatic carbocycles. The molecule has 2 unspecified atom stereocenters. The Morgan fingerprint density at radius 1 is 1.56 bits per heavy atom. The summed E-state index contributed by atoms with van der Waals surface area (Å²) in [6, 6.07) is 1.71. The van der Waals surface area contributed by atoms with Gasteiger partial charge in [-0.15, -0.1) is 22.9 Å². The number of halogens is 2. The van der Waals surface area contributed by atoms with E-state index >= 15 is 0 Å². The van der Waals surface area contributed by atoms with Crippen LogP contribution in [0, 0.1) is 12.8 Å². The summed E-state index contributed by atoms with van der Waals surface area (Å²) in [5, 5.41) is -0.0991. The molecule has 0 amide bonds. The third-order valence-corrected chi connectivity index (χ3v) is 8.28. The number of aryl methyl sites for hydroxylation is 1. The molecule has 0 aliphatic carbocycles.